The molecule has 0 radical (unpaired) electrons. The van der Waals surface area contributed by atoms with Crippen molar-refractivity contribution in [2.24, 2.45) is 0 Å². The first-order chi connectivity index (χ1) is 10.3. The zero-order valence-electron chi connectivity index (χ0n) is 12.1. The van der Waals surface area contributed by atoms with Crippen LogP contribution in [0.1, 0.15) is 15.9 Å². The standard InChI is InChI=1S/C15H15ClN2O3S/c1-10-12(16)7-5-9-13(10)17-15(19)11-6-3-4-8-14(11)18-22(2,20)21/h3-9,18H,1-2H3,(H,17,19). The number of sulfonamides is 1. The zero-order valence-corrected chi connectivity index (χ0v) is 13.6. The van der Waals surface area contributed by atoms with Crippen LogP contribution in [0.2, 0.25) is 5.02 Å². The number of anilines is 2. The Labute approximate surface area is 134 Å². The number of nitrogens with one attached hydrogen (secondary N) is 2. The van der Waals surface area contributed by atoms with E-state index in [-0.39, 0.29) is 11.3 Å². The fourth-order valence-corrected chi connectivity index (χ4v) is 2.65. The smallest absolute Gasteiger partial charge is 0.257 e. The highest BCUT2D eigenvalue weighted by Gasteiger charge is 2.15. The van der Waals surface area contributed by atoms with Crippen LogP contribution in [0.15, 0.2) is 42.5 Å². The first kappa shape index (κ1) is 16.3. The van der Waals surface area contributed by atoms with E-state index >= 15 is 0 Å². The normalized spacial score (nSPS) is 11.0. The van der Waals surface area contributed by atoms with Crippen molar-refractivity contribution >= 4 is 38.9 Å². The van der Waals surface area contributed by atoms with Gasteiger partial charge in [0.25, 0.3) is 5.91 Å². The minimum absolute atomic E-state index is 0.224. The lowest BCUT2D eigenvalue weighted by molar-refractivity contribution is 0.102. The van der Waals surface area contributed by atoms with E-state index in [9.17, 15) is 13.2 Å². The molecular formula is C15H15ClN2O3S. The van der Waals surface area contributed by atoms with Gasteiger partial charge in [0.1, 0.15) is 0 Å². The number of hydrogen-bond acceptors (Lipinski definition) is 3. The van der Waals surface area contributed by atoms with Crippen LogP contribution in [-0.2, 0) is 10.0 Å². The van der Waals surface area contributed by atoms with Gasteiger partial charge in [0.15, 0.2) is 0 Å². The van der Waals surface area contributed by atoms with Gasteiger partial charge < -0.3 is 5.32 Å². The van der Waals surface area contributed by atoms with Crippen molar-refractivity contribution < 1.29 is 13.2 Å². The van der Waals surface area contributed by atoms with Crippen LogP contribution >= 0.6 is 11.6 Å². The Morgan fingerprint density at radius 3 is 2.36 bits per heavy atom. The minimum Gasteiger partial charge on any atom is -0.322 e. The van der Waals surface area contributed by atoms with Crippen molar-refractivity contribution in [1.82, 2.24) is 0 Å². The molecule has 0 bridgehead atoms. The van der Waals surface area contributed by atoms with Gasteiger partial charge in [-0.1, -0.05) is 29.8 Å². The Hall–Kier alpha value is -2.05. The van der Waals surface area contributed by atoms with Crippen LogP contribution in [0.5, 0.6) is 0 Å². The van der Waals surface area contributed by atoms with Gasteiger partial charge in [-0.3, -0.25) is 9.52 Å². The van der Waals surface area contributed by atoms with E-state index in [1.54, 1.807) is 43.3 Å². The second-order valence-corrected chi connectivity index (χ2v) is 6.94. The van der Waals surface area contributed by atoms with Gasteiger partial charge in [0.05, 0.1) is 17.5 Å². The molecule has 1 amide bonds. The Morgan fingerprint density at radius 1 is 1.05 bits per heavy atom. The van der Waals surface area contributed by atoms with E-state index in [1.807, 2.05) is 0 Å². The van der Waals surface area contributed by atoms with Gasteiger partial charge >= 0.3 is 0 Å². The van der Waals surface area contributed by atoms with E-state index in [0.29, 0.717) is 10.7 Å². The number of hydrogen-bond donors (Lipinski definition) is 2. The SMILES string of the molecule is Cc1c(Cl)cccc1NC(=O)c1ccccc1NS(C)(=O)=O. The maximum atomic E-state index is 12.4. The van der Waals surface area contributed by atoms with Crippen molar-refractivity contribution in [3.8, 4) is 0 Å². The molecule has 0 fully saturated rings. The topological polar surface area (TPSA) is 75.3 Å². The van der Waals surface area contributed by atoms with Gasteiger partial charge in [0.2, 0.25) is 10.0 Å². The lowest BCUT2D eigenvalue weighted by Crippen LogP contribution is -2.17. The molecule has 0 aliphatic heterocycles. The highest BCUT2D eigenvalue weighted by atomic mass is 35.5. The Bertz CT molecular complexity index is 819. The molecule has 5 nitrogen and oxygen atoms in total. The fraction of sp³-hybridized carbons (Fsp3) is 0.133. The number of benzene rings is 2. The molecule has 2 aromatic rings. The van der Waals surface area contributed by atoms with E-state index in [4.69, 9.17) is 11.6 Å². The van der Waals surface area contributed by atoms with Crippen LogP contribution in [-0.4, -0.2) is 20.6 Å². The third kappa shape index (κ3) is 3.99. The maximum absolute atomic E-state index is 12.4. The van der Waals surface area contributed by atoms with Gasteiger partial charge in [-0.2, -0.15) is 0 Å². The van der Waals surface area contributed by atoms with Gasteiger partial charge in [-0.05, 0) is 36.8 Å². The number of rotatable bonds is 4. The van der Waals surface area contributed by atoms with Gasteiger partial charge in [0, 0.05) is 10.7 Å². The summed E-state index contributed by atoms with van der Waals surface area (Å²) in [4.78, 5) is 12.4. The molecule has 0 aromatic heterocycles. The molecule has 0 unspecified atom stereocenters. The van der Waals surface area contributed by atoms with Gasteiger partial charge in [-0.25, -0.2) is 8.42 Å². The number of carbonyl (C=O) groups is 1. The van der Waals surface area contributed by atoms with E-state index in [2.05, 4.69) is 10.0 Å². The maximum Gasteiger partial charge on any atom is 0.257 e. The molecule has 0 aliphatic carbocycles. The molecule has 2 aromatic carbocycles. The minimum atomic E-state index is -3.47. The molecular weight excluding hydrogens is 324 g/mol. The van der Waals surface area contributed by atoms with Crippen LogP contribution in [0.4, 0.5) is 11.4 Å². The summed E-state index contributed by atoms with van der Waals surface area (Å²) in [6.07, 6.45) is 1.03. The van der Waals surface area contributed by atoms with Crippen molar-refractivity contribution in [1.29, 1.82) is 0 Å². The average Bonchev–Trinajstić information content (AvgIpc) is 2.42. The second kappa shape index (κ2) is 6.37. The third-order valence-electron chi connectivity index (χ3n) is 2.98. The summed E-state index contributed by atoms with van der Waals surface area (Å²) in [6.45, 7) is 1.79. The highest BCUT2D eigenvalue weighted by molar-refractivity contribution is 7.92. The molecule has 0 atom stereocenters. The molecule has 0 saturated carbocycles. The molecule has 7 heteroatoms. The van der Waals surface area contributed by atoms with E-state index in [1.165, 1.54) is 6.07 Å². The summed E-state index contributed by atoms with van der Waals surface area (Å²) in [5, 5.41) is 3.28. The largest absolute Gasteiger partial charge is 0.322 e. The van der Waals surface area contributed by atoms with Crippen molar-refractivity contribution in [3.05, 3.63) is 58.6 Å². The average molecular weight is 339 g/mol. The number of amides is 1. The molecule has 0 aliphatic rings. The molecule has 0 heterocycles. The Balaban J connectivity index is 2.32. The molecule has 116 valence electrons. The lowest BCUT2D eigenvalue weighted by Gasteiger charge is -2.12. The van der Waals surface area contributed by atoms with Crippen LogP contribution in [0, 0.1) is 6.92 Å². The van der Waals surface area contributed by atoms with E-state index < -0.39 is 15.9 Å². The first-order valence-electron chi connectivity index (χ1n) is 6.41. The summed E-state index contributed by atoms with van der Waals surface area (Å²) >= 11 is 6.02. The number of para-hydroxylation sites is 1. The molecule has 0 spiro atoms. The van der Waals surface area contributed by atoms with Gasteiger partial charge in [-0.15, -0.1) is 0 Å². The zero-order chi connectivity index (χ0) is 16.3. The summed E-state index contributed by atoms with van der Waals surface area (Å²) in [5.74, 6) is -0.419. The Kier molecular flexibility index (Phi) is 4.73. The van der Waals surface area contributed by atoms with Crippen molar-refractivity contribution in [3.63, 3.8) is 0 Å². The number of carbonyl (C=O) groups excluding carboxylic acids is 1. The number of halogens is 1. The highest BCUT2D eigenvalue weighted by Crippen LogP contribution is 2.24. The second-order valence-electron chi connectivity index (χ2n) is 4.79. The summed E-state index contributed by atoms with van der Waals surface area (Å²) in [6, 6.07) is 11.6. The first-order valence-corrected chi connectivity index (χ1v) is 8.68. The summed E-state index contributed by atoms with van der Waals surface area (Å²) < 4.78 is 25.1. The quantitative estimate of drug-likeness (QED) is 0.898. The molecule has 0 saturated heterocycles. The van der Waals surface area contributed by atoms with E-state index in [0.717, 1.165) is 11.8 Å². The Morgan fingerprint density at radius 2 is 1.68 bits per heavy atom. The molecule has 22 heavy (non-hydrogen) atoms. The summed E-state index contributed by atoms with van der Waals surface area (Å²) in [5.41, 5.74) is 1.77. The van der Waals surface area contributed by atoms with Crippen LogP contribution < -0.4 is 10.0 Å². The third-order valence-corrected chi connectivity index (χ3v) is 3.98. The van der Waals surface area contributed by atoms with Crippen molar-refractivity contribution in [2.75, 3.05) is 16.3 Å². The summed E-state index contributed by atoms with van der Waals surface area (Å²) in [7, 11) is -3.47. The molecule has 2 rings (SSSR count). The van der Waals surface area contributed by atoms with Crippen LogP contribution in [0.25, 0.3) is 0 Å². The predicted molar refractivity (Wildman–Crippen MR) is 89.1 cm³/mol. The lowest BCUT2D eigenvalue weighted by atomic mass is 10.1. The predicted octanol–water partition coefficient (Wildman–Crippen LogP) is 3.27. The monoisotopic (exact) mass is 338 g/mol. The fourth-order valence-electron chi connectivity index (χ4n) is 1.90. The molecule has 2 N–H and O–H groups in total. The van der Waals surface area contributed by atoms with Crippen molar-refractivity contribution in [2.45, 2.75) is 6.92 Å². The van der Waals surface area contributed by atoms with Crippen LogP contribution in [0.3, 0.4) is 0 Å².